The van der Waals surface area contributed by atoms with E-state index in [1.54, 1.807) is 4.90 Å². The van der Waals surface area contributed by atoms with Crippen molar-refractivity contribution < 1.29 is 14.0 Å². The van der Waals surface area contributed by atoms with Gasteiger partial charge < -0.3 is 19.0 Å². The minimum Gasteiger partial charge on any atom is -0.443 e. The van der Waals surface area contributed by atoms with Gasteiger partial charge in [0.15, 0.2) is 8.32 Å². The minimum absolute atomic E-state index is 0.0267. The highest BCUT2D eigenvalue weighted by Crippen LogP contribution is 2.40. The number of hydrogen-bond donors (Lipinski definition) is 0. The van der Waals surface area contributed by atoms with Crippen molar-refractivity contribution in [2.24, 2.45) is 0 Å². The van der Waals surface area contributed by atoms with Crippen LogP contribution in [0.4, 0.5) is 10.5 Å². The topological polar surface area (TPSA) is 45.2 Å². The Balaban J connectivity index is 1.74. The molecule has 2 heterocycles. The second-order valence-electron chi connectivity index (χ2n) is 12.0. The Morgan fingerprint density at radius 1 is 1.06 bits per heavy atom. The summed E-state index contributed by atoms with van der Waals surface area (Å²) in [5, 5.41) is 1.27. The molecule has 9 heteroatoms. The van der Waals surface area contributed by atoms with Crippen molar-refractivity contribution in [2.45, 2.75) is 77.8 Å². The zero-order valence-corrected chi connectivity index (χ0v) is 25.0. The number of rotatable bonds is 4. The molecular weight excluding hydrogens is 501 g/mol. The highest BCUT2D eigenvalue weighted by Gasteiger charge is 2.43. The smallest absolute Gasteiger partial charge is 0.414 e. The van der Waals surface area contributed by atoms with Crippen molar-refractivity contribution in [3.8, 4) is 0 Å². The van der Waals surface area contributed by atoms with E-state index in [4.69, 9.17) is 32.4 Å². The molecule has 0 saturated carbocycles. The summed E-state index contributed by atoms with van der Waals surface area (Å²) < 4.78 is 12.4. The SMILES string of the molecule is CC(C)(C)OC(=O)N1C[C@H](O[Si](C)(C)C(C)(C)C)CC1=CN1CCN(c2cccc(Cl)c2Cl)CC1. The van der Waals surface area contributed by atoms with Crippen LogP contribution in [0.25, 0.3) is 0 Å². The molecule has 35 heavy (non-hydrogen) atoms. The summed E-state index contributed by atoms with van der Waals surface area (Å²) in [7, 11) is -1.97. The second-order valence-corrected chi connectivity index (χ2v) is 17.6. The number of nitrogens with zero attached hydrogens (tertiary/aromatic N) is 3. The van der Waals surface area contributed by atoms with Gasteiger partial charge in [-0.15, -0.1) is 0 Å². The first-order chi connectivity index (χ1) is 16.1. The molecule has 1 aromatic rings. The fourth-order valence-electron chi connectivity index (χ4n) is 4.07. The molecule has 1 amide bonds. The summed E-state index contributed by atoms with van der Waals surface area (Å²) in [6, 6.07) is 5.74. The summed E-state index contributed by atoms with van der Waals surface area (Å²) in [5.41, 5.74) is 1.37. The number of halogens is 2. The highest BCUT2D eigenvalue weighted by molar-refractivity contribution is 6.74. The fraction of sp³-hybridized carbons (Fsp3) is 0.654. The molecule has 0 radical (unpaired) electrons. The molecule has 2 aliphatic rings. The van der Waals surface area contributed by atoms with Crippen molar-refractivity contribution in [1.82, 2.24) is 9.80 Å². The number of hydrogen-bond acceptors (Lipinski definition) is 5. The fourth-order valence-corrected chi connectivity index (χ4v) is 5.83. The molecule has 6 nitrogen and oxygen atoms in total. The summed E-state index contributed by atoms with van der Waals surface area (Å²) in [4.78, 5) is 19.4. The molecule has 2 fully saturated rings. The van der Waals surface area contributed by atoms with E-state index < -0.39 is 13.9 Å². The van der Waals surface area contributed by atoms with Crippen LogP contribution in [0, 0.1) is 0 Å². The Bertz CT molecular complexity index is 948. The van der Waals surface area contributed by atoms with Crippen molar-refractivity contribution in [3.05, 3.63) is 40.1 Å². The maximum absolute atomic E-state index is 13.1. The van der Waals surface area contributed by atoms with Gasteiger partial charge in [0.2, 0.25) is 0 Å². The lowest BCUT2D eigenvalue weighted by molar-refractivity contribution is 0.0309. The molecule has 3 rings (SSSR count). The molecule has 2 saturated heterocycles. The van der Waals surface area contributed by atoms with Crippen LogP contribution in [0.15, 0.2) is 30.1 Å². The quantitative estimate of drug-likeness (QED) is 0.384. The minimum atomic E-state index is -1.97. The van der Waals surface area contributed by atoms with E-state index in [9.17, 15) is 4.79 Å². The van der Waals surface area contributed by atoms with E-state index in [-0.39, 0.29) is 17.2 Å². The molecular formula is C26H41Cl2N3O3Si. The lowest BCUT2D eigenvalue weighted by Crippen LogP contribution is -2.45. The number of carbonyl (C=O) groups excluding carboxylic acids is 1. The van der Waals surface area contributed by atoms with Crippen LogP contribution in [0.3, 0.4) is 0 Å². The number of likely N-dealkylation sites (tertiary alicyclic amines) is 1. The van der Waals surface area contributed by atoms with Gasteiger partial charge in [-0.3, -0.25) is 4.90 Å². The Morgan fingerprint density at radius 2 is 1.69 bits per heavy atom. The number of ether oxygens (including phenoxy) is 1. The third-order valence-electron chi connectivity index (χ3n) is 6.97. The van der Waals surface area contributed by atoms with Gasteiger partial charge in [-0.25, -0.2) is 4.79 Å². The number of piperazine rings is 1. The van der Waals surface area contributed by atoms with Crippen LogP contribution in [-0.4, -0.2) is 68.6 Å². The van der Waals surface area contributed by atoms with Crippen LogP contribution >= 0.6 is 23.2 Å². The van der Waals surface area contributed by atoms with E-state index in [0.29, 0.717) is 23.0 Å². The Hall–Kier alpha value is -1.41. The predicted octanol–water partition coefficient (Wildman–Crippen LogP) is 6.99. The maximum Gasteiger partial charge on any atom is 0.414 e. The third kappa shape index (κ3) is 7.09. The molecule has 1 aromatic carbocycles. The first-order valence-corrected chi connectivity index (χ1v) is 16.1. The van der Waals surface area contributed by atoms with E-state index >= 15 is 0 Å². The molecule has 0 aromatic heterocycles. The van der Waals surface area contributed by atoms with Gasteiger partial charge in [-0.1, -0.05) is 50.0 Å². The Morgan fingerprint density at radius 3 is 2.26 bits per heavy atom. The monoisotopic (exact) mass is 541 g/mol. The van der Waals surface area contributed by atoms with Crippen molar-refractivity contribution in [1.29, 1.82) is 0 Å². The molecule has 0 unspecified atom stereocenters. The van der Waals surface area contributed by atoms with Crippen LogP contribution in [0.2, 0.25) is 28.2 Å². The first kappa shape index (κ1) is 28.2. The Labute approximate surface area is 222 Å². The van der Waals surface area contributed by atoms with Gasteiger partial charge in [-0.05, 0) is 51.0 Å². The molecule has 0 spiro atoms. The van der Waals surface area contributed by atoms with Crippen LogP contribution in [0.1, 0.15) is 48.0 Å². The Kier molecular flexibility index (Phi) is 8.47. The molecule has 0 aliphatic carbocycles. The van der Waals surface area contributed by atoms with Gasteiger partial charge >= 0.3 is 6.09 Å². The first-order valence-electron chi connectivity index (χ1n) is 12.4. The molecule has 196 valence electrons. The zero-order chi connectivity index (χ0) is 26.2. The van der Waals surface area contributed by atoms with Gasteiger partial charge in [0.05, 0.1) is 28.4 Å². The van der Waals surface area contributed by atoms with Gasteiger partial charge in [0.25, 0.3) is 0 Å². The van der Waals surface area contributed by atoms with Gasteiger partial charge in [-0.2, -0.15) is 0 Å². The molecule has 0 bridgehead atoms. The average molecular weight is 543 g/mol. The maximum atomic E-state index is 13.1. The van der Waals surface area contributed by atoms with Gasteiger partial charge in [0, 0.05) is 44.5 Å². The van der Waals surface area contributed by atoms with E-state index in [0.717, 1.165) is 37.6 Å². The number of benzene rings is 1. The lowest BCUT2D eigenvalue weighted by atomic mass is 10.2. The molecule has 0 N–H and O–H groups in total. The normalized spacial score (nSPS) is 21.1. The largest absolute Gasteiger partial charge is 0.443 e. The second kappa shape index (κ2) is 10.5. The van der Waals surface area contributed by atoms with Crippen LogP contribution < -0.4 is 4.90 Å². The number of amides is 1. The lowest BCUT2D eigenvalue weighted by Gasteiger charge is -2.38. The van der Waals surface area contributed by atoms with Crippen LogP contribution in [-0.2, 0) is 9.16 Å². The highest BCUT2D eigenvalue weighted by atomic mass is 35.5. The van der Waals surface area contributed by atoms with Gasteiger partial charge in [0.1, 0.15) is 5.60 Å². The van der Waals surface area contributed by atoms with Crippen molar-refractivity contribution in [2.75, 3.05) is 37.6 Å². The van der Waals surface area contributed by atoms with E-state index in [1.807, 2.05) is 39.0 Å². The number of anilines is 1. The van der Waals surface area contributed by atoms with E-state index in [2.05, 4.69) is 49.9 Å². The van der Waals surface area contributed by atoms with Crippen molar-refractivity contribution in [3.63, 3.8) is 0 Å². The summed E-state index contributed by atoms with van der Waals surface area (Å²) in [6.07, 6.45) is 2.48. The zero-order valence-electron chi connectivity index (χ0n) is 22.5. The van der Waals surface area contributed by atoms with Crippen molar-refractivity contribution >= 4 is 43.3 Å². The molecule has 1 atom stereocenters. The van der Waals surface area contributed by atoms with E-state index in [1.165, 1.54) is 0 Å². The summed E-state index contributed by atoms with van der Waals surface area (Å²) in [6.45, 7) is 20.7. The number of carbonyl (C=O) groups is 1. The third-order valence-corrected chi connectivity index (χ3v) is 12.3. The average Bonchev–Trinajstić information content (AvgIpc) is 3.10. The molecule has 2 aliphatic heterocycles. The summed E-state index contributed by atoms with van der Waals surface area (Å²) in [5.74, 6) is 0. The standard InChI is InChI=1S/C26H41Cl2N3O3Si/c1-25(2,3)33-24(32)31-18-20(34-35(7,8)26(4,5)6)16-19(31)17-29-12-14-30(15-13-29)22-11-9-10-21(27)23(22)28/h9-11,17,20H,12-16,18H2,1-8H3/t20-/m1/s1. The summed E-state index contributed by atoms with van der Waals surface area (Å²) >= 11 is 12.7. The predicted molar refractivity (Wildman–Crippen MR) is 148 cm³/mol. The van der Waals surface area contributed by atoms with Crippen LogP contribution in [0.5, 0.6) is 0 Å².